The Hall–Kier alpha value is -6.40. The molecular formula is C48H27N3S2. The second-order valence-electron chi connectivity index (χ2n) is 13.8. The Kier molecular flexibility index (Phi) is 6.09. The Bertz CT molecular complexity index is 3460. The van der Waals surface area contributed by atoms with Gasteiger partial charge in [0.1, 0.15) is 0 Å². The average molecular weight is 710 g/mol. The largest absolute Gasteiger partial charge is 0.292 e. The molecule has 3 nitrogen and oxygen atoms in total. The summed E-state index contributed by atoms with van der Waals surface area (Å²) in [6.07, 6.45) is 0. The van der Waals surface area contributed by atoms with Gasteiger partial charge in [-0.15, -0.1) is 22.7 Å². The lowest BCUT2D eigenvalue weighted by Gasteiger charge is -2.12. The lowest BCUT2D eigenvalue weighted by atomic mass is 10.00. The van der Waals surface area contributed by atoms with Crippen LogP contribution in [0.25, 0.3) is 112 Å². The number of thiophene rings is 2. The van der Waals surface area contributed by atoms with Gasteiger partial charge in [-0.1, -0.05) is 115 Å². The maximum Gasteiger partial charge on any atom is 0.162 e. The summed E-state index contributed by atoms with van der Waals surface area (Å²) in [5.74, 6) is 1.64. The Morgan fingerprint density at radius 1 is 0.396 bits per heavy atom. The normalized spacial score (nSPS) is 12.2. The molecule has 0 aliphatic heterocycles. The lowest BCUT2D eigenvalue weighted by molar-refractivity contribution is 1.08. The van der Waals surface area contributed by atoms with E-state index >= 15 is 0 Å². The number of para-hydroxylation sites is 1. The van der Waals surface area contributed by atoms with Crippen LogP contribution < -0.4 is 0 Å². The van der Waals surface area contributed by atoms with Gasteiger partial charge in [0, 0.05) is 46.6 Å². The summed E-state index contributed by atoms with van der Waals surface area (Å²) < 4.78 is 7.32. The van der Waals surface area contributed by atoms with Crippen molar-refractivity contribution in [1.29, 1.82) is 0 Å². The van der Waals surface area contributed by atoms with Crippen LogP contribution in [0.15, 0.2) is 164 Å². The summed E-state index contributed by atoms with van der Waals surface area (Å²) in [6, 6.07) is 59.4. The molecule has 53 heavy (non-hydrogen) atoms. The van der Waals surface area contributed by atoms with Gasteiger partial charge in [0.25, 0.3) is 0 Å². The fraction of sp³-hybridized carbons (Fsp3) is 0. The first-order valence-electron chi connectivity index (χ1n) is 17.8. The maximum absolute atomic E-state index is 5.51. The Balaban J connectivity index is 1.14. The molecule has 4 heterocycles. The molecule has 0 radical (unpaired) electrons. The van der Waals surface area contributed by atoms with Crippen molar-refractivity contribution in [2.24, 2.45) is 0 Å². The maximum atomic E-state index is 5.51. The zero-order valence-corrected chi connectivity index (χ0v) is 29.9. The van der Waals surface area contributed by atoms with E-state index < -0.39 is 0 Å². The second kappa shape index (κ2) is 11.1. The predicted octanol–water partition coefficient (Wildman–Crippen LogP) is 13.9. The highest BCUT2D eigenvalue weighted by molar-refractivity contribution is 7.26. The topological polar surface area (TPSA) is 30.7 Å². The van der Waals surface area contributed by atoms with Crippen LogP contribution in [0, 0.1) is 0 Å². The zero-order chi connectivity index (χ0) is 34.6. The Labute approximate surface area is 311 Å². The third kappa shape index (κ3) is 4.32. The molecule has 0 amide bonds. The molecule has 246 valence electrons. The minimum atomic E-state index is 0.725. The second-order valence-corrected chi connectivity index (χ2v) is 15.9. The first-order chi connectivity index (χ1) is 26.2. The predicted molar refractivity (Wildman–Crippen MR) is 228 cm³/mol. The van der Waals surface area contributed by atoms with Crippen molar-refractivity contribution < 1.29 is 0 Å². The third-order valence-electron chi connectivity index (χ3n) is 10.8. The molecule has 12 rings (SSSR count). The van der Waals surface area contributed by atoms with Crippen LogP contribution in [-0.2, 0) is 0 Å². The molecule has 0 saturated heterocycles. The van der Waals surface area contributed by atoms with Crippen molar-refractivity contribution in [3.63, 3.8) is 0 Å². The fourth-order valence-corrected chi connectivity index (χ4v) is 10.5. The van der Waals surface area contributed by atoms with Crippen LogP contribution >= 0.6 is 22.7 Å². The van der Waals surface area contributed by atoms with Crippen LogP contribution in [0.2, 0.25) is 0 Å². The number of hydrogen-bond acceptors (Lipinski definition) is 4. The van der Waals surface area contributed by atoms with Crippen molar-refractivity contribution >= 4 is 106 Å². The molecule has 0 unspecified atom stereocenters. The Morgan fingerprint density at radius 3 is 1.92 bits per heavy atom. The molecule has 0 spiro atoms. The van der Waals surface area contributed by atoms with E-state index in [9.17, 15) is 0 Å². The van der Waals surface area contributed by atoms with Crippen molar-refractivity contribution in [2.75, 3.05) is 0 Å². The van der Waals surface area contributed by atoms with Crippen LogP contribution in [0.3, 0.4) is 0 Å². The highest BCUT2D eigenvalue weighted by atomic mass is 32.1. The van der Waals surface area contributed by atoms with E-state index in [0.717, 1.165) is 43.8 Å². The standard InChI is InChI=1S/C48H27N3S2/c1-2-10-28(11-3-1)29-18-19-31-25-33(21-20-30(31)24-29)47-49-45-36-14-6-9-17-42(36)53-46(45)48(50-47)51-39-15-7-4-12-34(39)38-27-37-32(26-40(38)51)22-23-43-44(37)35-13-5-8-16-41(35)52-43/h1-27H. The van der Waals surface area contributed by atoms with Crippen LogP contribution in [0.5, 0.6) is 0 Å². The summed E-state index contributed by atoms with van der Waals surface area (Å²) in [7, 11) is 0. The molecule has 0 saturated carbocycles. The third-order valence-corrected chi connectivity index (χ3v) is 13.1. The van der Waals surface area contributed by atoms with E-state index in [0.29, 0.717) is 0 Å². The summed E-state index contributed by atoms with van der Waals surface area (Å²) in [5, 5.41) is 11.1. The zero-order valence-electron chi connectivity index (χ0n) is 28.2. The number of benzene rings is 8. The number of rotatable bonds is 3. The van der Waals surface area contributed by atoms with Gasteiger partial charge in [-0.05, 0) is 81.2 Å². The van der Waals surface area contributed by atoms with Crippen LogP contribution in [0.4, 0.5) is 0 Å². The smallest absolute Gasteiger partial charge is 0.162 e. The highest BCUT2D eigenvalue weighted by Crippen LogP contribution is 2.44. The monoisotopic (exact) mass is 709 g/mol. The minimum absolute atomic E-state index is 0.725. The van der Waals surface area contributed by atoms with Crippen molar-refractivity contribution in [3.05, 3.63) is 164 Å². The van der Waals surface area contributed by atoms with Gasteiger partial charge >= 0.3 is 0 Å². The number of hydrogen-bond donors (Lipinski definition) is 0. The summed E-state index contributed by atoms with van der Waals surface area (Å²) in [5.41, 5.74) is 6.70. The van der Waals surface area contributed by atoms with E-state index in [1.165, 1.54) is 68.3 Å². The van der Waals surface area contributed by atoms with Crippen LogP contribution in [-0.4, -0.2) is 14.5 Å². The molecule has 0 bridgehead atoms. The van der Waals surface area contributed by atoms with Crippen molar-refractivity contribution in [3.8, 4) is 28.3 Å². The molecular weight excluding hydrogens is 683 g/mol. The molecule has 0 fully saturated rings. The first kappa shape index (κ1) is 29.2. The van der Waals surface area contributed by atoms with Gasteiger partial charge in [0.15, 0.2) is 11.6 Å². The van der Waals surface area contributed by atoms with E-state index in [1.54, 1.807) is 11.3 Å². The molecule has 0 aliphatic carbocycles. The summed E-state index contributed by atoms with van der Waals surface area (Å²) in [4.78, 5) is 10.8. The number of nitrogens with zero attached hydrogens (tertiary/aromatic N) is 3. The fourth-order valence-electron chi connectivity index (χ4n) is 8.29. The molecule has 0 aliphatic rings. The van der Waals surface area contributed by atoms with E-state index in [2.05, 4.69) is 168 Å². The lowest BCUT2D eigenvalue weighted by Crippen LogP contribution is -2.01. The van der Waals surface area contributed by atoms with Crippen molar-refractivity contribution in [1.82, 2.24) is 14.5 Å². The van der Waals surface area contributed by atoms with Gasteiger partial charge in [-0.25, -0.2) is 9.97 Å². The Morgan fingerprint density at radius 2 is 1.08 bits per heavy atom. The van der Waals surface area contributed by atoms with Gasteiger partial charge in [0.2, 0.25) is 0 Å². The SMILES string of the molecule is c1ccc(-c2ccc3cc(-c4nc(-n5c6ccccc6c6cc7c(ccc8sc9ccccc9c87)cc65)c5sc6ccccc6c5n4)ccc3c2)cc1. The van der Waals surface area contributed by atoms with Gasteiger partial charge < -0.3 is 0 Å². The summed E-state index contributed by atoms with van der Waals surface area (Å²) >= 11 is 3.64. The molecule has 5 heteroatoms. The average Bonchev–Trinajstić information content (AvgIpc) is 3.89. The molecule has 0 N–H and O–H groups in total. The molecule has 4 aromatic heterocycles. The first-order valence-corrected chi connectivity index (χ1v) is 19.4. The van der Waals surface area contributed by atoms with Gasteiger partial charge in [-0.2, -0.15) is 0 Å². The van der Waals surface area contributed by atoms with E-state index in [1.807, 2.05) is 11.3 Å². The van der Waals surface area contributed by atoms with E-state index in [-0.39, 0.29) is 0 Å². The number of fused-ring (bicyclic) bond motifs is 12. The quantitative estimate of drug-likeness (QED) is 0.183. The molecule has 0 atom stereocenters. The van der Waals surface area contributed by atoms with Crippen LogP contribution in [0.1, 0.15) is 0 Å². The highest BCUT2D eigenvalue weighted by Gasteiger charge is 2.22. The molecule has 8 aromatic carbocycles. The van der Waals surface area contributed by atoms with Crippen molar-refractivity contribution in [2.45, 2.75) is 0 Å². The van der Waals surface area contributed by atoms with E-state index in [4.69, 9.17) is 9.97 Å². The number of aromatic nitrogens is 3. The molecule has 12 aromatic rings. The summed E-state index contributed by atoms with van der Waals surface area (Å²) in [6.45, 7) is 0. The minimum Gasteiger partial charge on any atom is -0.292 e. The van der Waals surface area contributed by atoms with Gasteiger partial charge in [0.05, 0.1) is 21.3 Å². The van der Waals surface area contributed by atoms with Gasteiger partial charge in [-0.3, -0.25) is 4.57 Å².